The van der Waals surface area contributed by atoms with Gasteiger partial charge in [-0.05, 0) is 37.9 Å². The molecule has 7 heteroatoms. The first-order chi connectivity index (χ1) is 10.1. The van der Waals surface area contributed by atoms with E-state index in [1.54, 1.807) is 24.3 Å². The molecule has 0 aliphatic carbocycles. The quantitative estimate of drug-likeness (QED) is 0.415. The number of nitrogens with two attached hydrogens (primary N) is 2. The molecule has 1 aromatic rings. The van der Waals surface area contributed by atoms with Gasteiger partial charge in [-0.3, -0.25) is 9.69 Å². The second-order valence-electron chi connectivity index (χ2n) is 4.57. The monoisotopic (exact) mass is 294 g/mol. The fourth-order valence-electron chi connectivity index (χ4n) is 2.02. The van der Waals surface area contributed by atoms with E-state index in [-0.39, 0.29) is 12.6 Å². The van der Waals surface area contributed by atoms with Crippen molar-refractivity contribution in [2.45, 2.75) is 25.3 Å². The van der Waals surface area contributed by atoms with E-state index in [0.29, 0.717) is 25.1 Å². The summed E-state index contributed by atoms with van der Waals surface area (Å²) in [6.07, 6.45) is 0.566. The van der Waals surface area contributed by atoms with Gasteiger partial charge in [-0.25, -0.2) is 4.79 Å². The topological polar surface area (TPSA) is 122 Å². The van der Waals surface area contributed by atoms with Crippen LogP contribution in [0.4, 0.5) is 10.5 Å². The largest absolute Gasteiger partial charge is 0.465 e. The molecule has 116 valence electrons. The summed E-state index contributed by atoms with van der Waals surface area (Å²) in [5.74, 6) is -0.358. The van der Waals surface area contributed by atoms with Crippen LogP contribution in [0.25, 0.3) is 0 Å². The number of amides is 2. The zero-order valence-corrected chi connectivity index (χ0v) is 11.9. The van der Waals surface area contributed by atoms with Crippen molar-refractivity contribution in [3.05, 3.63) is 30.3 Å². The number of hydrogen-bond acceptors (Lipinski definition) is 4. The number of para-hydroxylation sites is 1. The summed E-state index contributed by atoms with van der Waals surface area (Å²) in [4.78, 5) is 24.7. The standard InChI is InChI=1S/C14H22N4O3/c15-9-5-4-8-12(17-14(20)21)13(19)18(10-16)11-6-2-1-3-7-11/h1-3,6-7,12,17H,4-5,8-10,15-16H2,(H,20,21). The molecule has 0 aliphatic rings. The molecule has 2 amide bonds. The third kappa shape index (κ3) is 5.41. The lowest BCUT2D eigenvalue weighted by Crippen LogP contribution is -2.50. The van der Waals surface area contributed by atoms with Gasteiger partial charge in [-0.15, -0.1) is 0 Å². The molecule has 6 N–H and O–H groups in total. The van der Waals surface area contributed by atoms with Gasteiger partial charge in [0.15, 0.2) is 0 Å². The molecule has 0 fully saturated rings. The Labute approximate surface area is 123 Å². The third-order valence-corrected chi connectivity index (χ3v) is 3.06. The maximum atomic E-state index is 12.5. The molecule has 1 aromatic carbocycles. The molecule has 1 atom stereocenters. The van der Waals surface area contributed by atoms with E-state index < -0.39 is 12.1 Å². The molecule has 0 aromatic heterocycles. The molecule has 0 spiro atoms. The van der Waals surface area contributed by atoms with Crippen molar-refractivity contribution in [3.8, 4) is 0 Å². The summed E-state index contributed by atoms with van der Waals surface area (Å²) in [7, 11) is 0. The molecule has 0 bridgehead atoms. The summed E-state index contributed by atoms with van der Waals surface area (Å²) in [5, 5.41) is 11.1. The van der Waals surface area contributed by atoms with Crippen molar-refractivity contribution in [3.63, 3.8) is 0 Å². The molecule has 21 heavy (non-hydrogen) atoms. The maximum absolute atomic E-state index is 12.5. The Kier molecular flexibility index (Phi) is 7.20. The van der Waals surface area contributed by atoms with Crippen LogP contribution in [0, 0.1) is 0 Å². The van der Waals surface area contributed by atoms with Crippen LogP contribution >= 0.6 is 0 Å². The zero-order valence-electron chi connectivity index (χ0n) is 11.9. The number of carbonyl (C=O) groups is 2. The SMILES string of the molecule is NCCCCC(NC(=O)O)C(=O)N(CN)c1ccccc1. The zero-order chi connectivity index (χ0) is 15.7. The third-order valence-electron chi connectivity index (χ3n) is 3.06. The van der Waals surface area contributed by atoms with Crippen LogP contribution in [0.1, 0.15) is 19.3 Å². The molecule has 0 aliphatic heterocycles. The van der Waals surface area contributed by atoms with Gasteiger partial charge in [-0.2, -0.15) is 0 Å². The Morgan fingerprint density at radius 3 is 2.38 bits per heavy atom. The highest BCUT2D eigenvalue weighted by molar-refractivity contribution is 5.98. The fourth-order valence-corrected chi connectivity index (χ4v) is 2.02. The van der Waals surface area contributed by atoms with Crippen LogP contribution in [0.15, 0.2) is 30.3 Å². The van der Waals surface area contributed by atoms with E-state index in [2.05, 4.69) is 5.32 Å². The fraction of sp³-hybridized carbons (Fsp3) is 0.429. The number of anilines is 1. The number of benzene rings is 1. The minimum atomic E-state index is -1.23. The smallest absolute Gasteiger partial charge is 0.405 e. The number of rotatable bonds is 8. The highest BCUT2D eigenvalue weighted by Gasteiger charge is 2.25. The van der Waals surface area contributed by atoms with E-state index in [4.69, 9.17) is 16.6 Å². The summed E-state index contributed by atoms with van der Waals surface area (Å²) >= 11 is 0. The highest BCUT2D eigenvalue weighted by atomic mass is 16.4. The Morgan fingerprint density at radius 1 is 1.19 bits per heavy atom. The van der Waals surface area contributed by atoms with Crippen LogP contribution < -0.4 is 21.7 Å². The lowest BCUT2D eigenvalue weighted by Gasteiger charge is -2.26. The molecule has 1 rings (SSSR count). The van der Waals surface area contributed by atoms with Gasteiger partial charge in [-0.1, -0.05) is 18.2 Å². The van der Waals surface area contributed by atoms with Crippen LogP contribution in [-0.4, -0.2) is 36.4 Å². The lowest BCUT2D eigenvalue weighted by atomic mass is 10.1. The van der Waals surface area contributed by atoms with Crippen molar-refractivity contribution >= 4 is 17.7 Å². The van der Waals surface area contributed by atoms with Gasteiger partial charge in [0, 0.05) is 5.69 Å². The average molecular weight is 294 g/mol. The van der Waals surface area contributed by atoms with Crippen molar-refractivity contribution in [2.24, 2.45) is 11.5 Å². The van der Waals surface area contributed by atoms with Gasteiger partial charge < -0.3 is 21.9 Å². The minimum Gasteiger partial charge on any atom is -0.465 e. The van der Waals surface area contributed by atoms with Crippen LogP contribution in [-0.2, 0) is 4.79 Å². The predicted octanol–water partition coefficient (Wildman–Crippen LogP) is 0.701. The molecule has 7 nitrogen and oxygen atoms in total. The van der Waals surface area contributed by atoms with E-state index in [9.17, 15) is 9.59 Å². The molecular weight excluding hydrogens is 272 g/mol. The Balaban J connectivity index is 2.83. The minimum absolute atomic E-state index is 0.0163. The molecule has 0 heterocycles. The highest BCUT2D eigenvalue weighted by Crippen LogP contribution is 2.15. The summed E-state index contributed by atoms with van der Waals surface area (Å²) in [6.45, 7) is 0.491. The van der Waals surface area contributed by atoms with Gasteiger partial charge in [0.1, 0.15) is 6.04 Å². The van der Waals surface area contributed by atoms with E-state index in [0.717, 1.165) is 6.42 Å². The first kappa shape index (κ1) is 16.9. The molecule has 1 unspecified atom stereocenters. The number of carboxylic acid groups (broad SMARTS) is 1. The molecular formula is C14H22N4O3. The summed E-state index contributed by atoms with van der Waals surface area (Å²) in [5.41, 5.74) is 11.7. The van der Waals surface area contributed by atoms with Crippen LogP contribution in [0.5, 0.6) is 0 Å². The molecule has 0 saturated heterocycles. The first-order valence-corrected chi connectivity index (χ1v) is 6.86. The Bertz CT molecular complexity index is 453. The maximum Gasteiger partial charge on any atom is 0.405 e. The number of nitrogens with one attached hydrogen (secondary N) is 1. The van der Waals surface area contributed by atoms with Crippen molar-refractivity contribution in [1.29, 1.82) is 0 Å². The van der Waals surface area contributed by atoms with Crippen molar-refractivity contribution < 1.29 is 14.7 Å². The average Bonchev–Trinajstić information content (AvgIpc) is 2.48. The number of hydrogen-bond donors (Lipinski definition) is 4. The number of carbonyl (C=O) groups excluding carboxylic acids is 1. The first-order valence-electron chi connectivity index (χ1n) is 6.86. The number of nitrogens with zero attached hydrogens (tertiary/aromatic N) is 1. The van der Waals surface area contributed by atoms with E-state index in [1.807, 2.05) is 6.07 Å². The van der Waals surface area contributed by atoms with Crippen LogP contribution in [0.3, 0.4) is 0 Å². The molecule has 0 radical (unpaired) electrons. The Morgan fingerprint density at radius 2 is 1.86 bits per heavy atom. The van der Waals surface area contributed by atoms with Gasteiger partial charge in [0.05, 0.1) is 6.67 Å². The van der Waals surface area contributed by atoms with Gasteiger partial charge in [0.2, 0.25) is 0 Å². The lowest BCUT2D eigenvalue weighted by molar-refractivity contribution is -0.120. The number of unbranched alkanes of at least 4 members (excludes halogenated alkanes) is 1. The normalized spacial score (nSPS) is 11.7. The van der Waals surface area contributed by atoms with E-state index >= 15 is 0 Å². The summed E-state index contributed by atoms with van der Waals surface area (Å²) < 4.78 is 0. The predicted molar refractivity (Wildman–Crippen MR) is 80.8 cm³/mol. The van der Waals surface area contributed by atoms with Crippen LogP contribution in [0.2, 0.25) is 0 Å². The Hall–Kier alpha value is -2.12. The second-order valence-corrected chi connectivity index (χ2v) is 4.57. The van der Waals surface area contributed by atoms with Gasteiger partial charge in [0.25, 0.3) is 5.91 Å². The van der Waals surface area contributed by atoms with Crippen molar-refractivity contribution in [1.82, 2.24) is 5.32 Å². The summed E-state index contributed by atoms with van der Waals surface area (Å²) in [6, 6.07) is 8.10. The van der Waals surface area contributed by atoms with Crippen molar-refractivity contribution in [2.75, 3.05) is 18.1 Å². The molecule has 0 saturated carbocycles. The second kappa shape index (κ2) is 8.93. The van der Waals surface area contributed by atoms with E-state index in [1.165, 1.54) is 4.90 Å². The van der Waals surface area contributed by atoms with Gasteiger partial charge >= 0.3 is 6.09 Å².